The minimum Gasteiger partial charge on any atom is -0.435 e. The Bertz CT molecular complexity index is 808. The average Bonchev–Trinajstić information content (AvgIpc) is 2.71. The predicted octanol–water partition coefficient (Wildman–Crippen LogP) is 3.33. The zero-order chi connectivity index (χ0) is 21.2. The van der Waals surface area contributed by atoms with Crippen LogP contribution in [0.1, 0.15) is 29.7 Å². The Morgan fingerprint density at radius 3 is 2.43 bits per heavy atom. The van der Waals surface area contributed by atoms with Gasteiger partial charge in [-0.25, -0.2) is 9.38 Å². The summed E-state index contributed by atoms with van der Waals surface area (Å²) in [6.07, 6.45) is -0.897. The maximum atomic E-state index is 13.5. The molecule has 2 aromatic rings. The Kier molecular flexibility index (Phi) is 11.5. The van der Waals surface area contributed by atoms with Crippen LogP contribution in [0.4, 0.5) is 13.2 Å². The van der Waals surface area contributed by atoms with E-state index in [0.29, 0.717) is 18.1 Å². The first-order valence-corrected chi connectivity index (χ1v) is 9.06. The fourth-order valence-electron chi connectivity index (χ4n) is 2.54. The molecule has 0 spiro atoms. The highest BCUT2D eigenvalue weighted by atomic mass is 127. The maximum absolute atomic E-state index is 13.5. The number of aliphatic hydroxyl groups excluding tert-OH is 2. The Balaban J connectivity index is 0.00000450. The first-order chi connectivity index (χ1) is 13.9. The van der Waals surface area contributed by atoms with E-state index in [1.807, 2.05) is 6.92 Å². The number of aliphatic hydroxyl groups is 2. The SMILES string of the molecule is CCNC(=NCc1ccc(F)c(CO)c1)NCC(O)c1ccc(OC(F)F)cc1.I. The topological polar surface area (TPSA) is 86.1 Å². The monoisotopic (exact) mass is 539 g/mol. The van der Waals surface area contributed by atoms with Crippen molar-refractivity contribution in [2.45, 2.75) is 32.8 Å². The molecule has 4 N–H and O–H groups in total. The van der Waals surface area contributed by atoms with E-state index >= 15 is 0 Å². The van der Waals surface area contributed by atoms with E-state index in [1.54, 1.807) is 12.1 Å². The third-order valence-electron chi connectivity index (χ3n) is 4.00. The second-order valence-electron chi connectivity index (χ2n) is 6.12. The summed E-state index contributed by atoms with van der Waals surface area (Å²) in [4.78, 5) is 4.38. The molecular weight excluding hydrogens is 514 g/mol. The van der Waals surface area contributed by atoms with Crippen LogP contribution in [0.2, 0.25) is 0 Å². The summed E-state index contributed by atoms with van der Waals surface area (Å²) >= 11 is 0. The summed E-state index contributed by atoms with van der Waals surface area (Å²) < 4.78 is 42.1. The number of benzene rings is 2. The van der Waals surface area contributed by atoms with Crippen LogP contribution in [0.5, 0.6) is 5.75 Å². The highest BCUT2D eigenvalue weighted by molar-refractivity contribution is 14.0. The van der Waals surface area contributed by atoms with Crippen LogP contribution in [0.3, 0.4) is 0 Å². The number of guanidine groups is 1. The van der Waals surface area contributed by atoms with Gasteiger partial charge in [0.15, 0.2) is 5.96 Å². The number of aliphatic imine (C=N–C) groups is 1. The molecule has 0 aromatic heterocycles. The normalized spacial score (nSPS) is 12.3. The molecule has 1 unspecified atom stereocenters. The van der Waals surface area contributed by atoms with Gasteiger partial charge in [0, 0.05) is 18.7 Å². The molecule has 30 heavy (non-hydrogen) atoms. The van der Waals surface area contributed by atoms with Gasteiger partial charge in [-0.3, -0.25) is 0 Å². The van der Waals surface area contributed by atoms with E-state index < -0.39 is 25.1 Å². The zero-order valence-electron chi connectivity index (χ0n) is 16.3. The molecule has 0 aliphatic rings. The minimum atomic E-state index is -2.90. The van der Waals surface area contributed by atoms with E-state index in [9.17, 15) is 18.3 Å². The molecule has 10 heteroatoms. The van der Waals surface area contributed by atoms with Crippen molar-refractivity contribution >= 4 is 29.9 Å². The number of alkyl halides is 2. The first kappa shape index (κ1) is 26.0. The van der Waals surface area contributed by atoms with Gasteiger partial charge in [-0.15, -0.1) is 24.0 Å². The second-order valence-corrected chi connectivity index (χ2v) is 6.12. The van der Waals surface area contributed by atoms with Gasteiger partial charge in [0.1, 0.15) is 11.6 Å². The Hall–Kier alpha value is -2.05. The van der Waals surface area contributed by atoms with Crippen molar-refractivity contribution in [2.24, 2.45) is 4.99 Å². The van der Waals surface area contributed by atoms with E-state index in [2.05, 4.69) is 20.4 Å². The summed E-state index contributed by atoms with van der Waals surface area (Å²) in [5.74, 6) is -0.0159. The van der Waals surface area contributed by atoms with Gasteiger partial charge >= 0.3 is 6.61 Å². The molecular formula is C20H25F3IN3O3. The van der Waals surface area contributed by atoms with Gasteiger partial charge in [0.2, 0.25) is 0 Å². The van der Waals surface area contributed by atoms with Gasteiger partial charge in [-0.05, 0) is 42.3 Å². The van der Waals surface area contributed by atoms with Crippen LogP contribution in [-0.4, -0.2) is 35.9 Å². The Morgan fingerprint density at radius 1 is 1.13 bits per heavy atom. The van der Waals surface area contributed by atoms with E-state index in [-0.39, 0.29) is 48.4 Å². The molecule has 0 saturated carbocycles. The molecule has 0 amide bonds. The predicted molar refractivity (Wildman–Crippen MR) is 119 cm³/mol. The van der Waals surface area contributed by atoms with Crippen LogP contribution < -0.4 is 15.4 Å². The van der Waals surface area contributed by atoms with Crippen molar-refractivity contribution in [2.75, 3.05) is 13.1 Å². The van der Waals surface area contributed by atoms with Gasteiger partial charge in [-0.1, -0.05) is 18.2 Å². The molecule has 2 aromatic carbocycles. The lowest BCUT2D eigenvalue weighted by Crippen LogP contribution is -2.39. The van der Waals surface area contributed by atoms with Gasteiger partial charge in [0.25, 0.3) is 0 Å². The summed E-state index contributed by atoms with van der Waals surface area (Å²) in [5.41, 5.74) is 1.45. The molecule has 0 aliphatic heterocycles. The maximum Gasteiger partial charge on any atom is 0.387 e. The average molecular weight is 539 g/mol. The zero-order valence-corrected chi connectivity index (χ0v) is 18.6. The fraction of sp³-hybridized carbons (Fsp3) is 0.350. The highest BCUT2D eigenvalue weighted by Crippen LogP contribution is 2.19. The van der Waals surface area contributed by atoms with Gasteiger partial charge in [-0.2, -0.15) is 8.78 Å². The molecule has 0 saturated heterocycles. The van der Waals surface area contributed by atoms with Crippen molar-refractivity contribution in [1.82, 2.24) is 10.6 Å². The lowest BCUT2D eigenvalue weighted by atomic mass is 10.1. The molecule has 0 heterocycles. The van der Waals surface area contributed by atoms with Crippen molar-refractivity contribution in [3.63, 3.8) is 0 Å². The summed E-state index contributed by atoms with van der Waals surface area (Å²) in [6, 6.07) is 10.1. The van der Waals surface area contributed by atoms with Crippen molar-refractivity contribution < 1.29 is 28.1 Å². The van der Waals surface area contributed by atoms with Crippen LogP contribution in [0, 0.1) is 5.82 Å². The highest BCUT2D eigenvalue weighted by Gasteiger charge is 2.10. The summed E-state index contributed by atoms with van der Waals surface area (Å²) in [5, 5.41) is 25.5. The van der Waals surface area contributed by atoms with Crippen LogP contribution in [0.25, 0.3) is 0 Å². The molecule has 1 atom stereocenters. The first-order valence-electron chi connectivity index (χ1n) is 9.06. The van der Waals surface area contributed by atoms with E-state index in [1.165, 1.54) is 30.3 Å². The van der Waals surface area contributed by atoms with Gasteiger partial charge in [0.05, 0.1) is 19.3 Å². The number of hydrogen-bond acceptors (Lipinski definition) is 4. The van der Waals surface area contributed by atoms with Crippen LogP contribution >= 0.6 is 24.0 Å². The van der Waals surface area contributed by atoms with Crippen molar-refractivity contribution in [3.05, 3.63) is 65.0 Å². The number of rotatable bonds is 9. The third-order valence-corrected chi connectivity index (χ3v) is 4.00. The number of hydrogen-bond donors (Lipinski definition) is 4. The van der Waals surface area contributed by atoms with E-state index in [0.717, 1.165) is 5.56 Å². The summed E-state index contributed by atoms with van der Waals surface area (Å²) in [6.45, 7) is -0.440. The van der Waals surface area contributed by atoms with Crippen LogP contribution in [-0.2, 0) is 13.2 Å². The molecule has 0 aliphatic carbocycles. The number of nitrogens with zero attached hydrogens (tertiary/aromatic N) is 1. The number of halogens is 4. The molecule has 0 fully saturated rings. The quantitative estimate of drug-likeness (QED) is 0.223. The standard InChI is InChI=1S/C20H24F3N3O3.HI/c1-2-24-20(25-10-13-3-8-17(21)15(9-13)12-27)26-11-18(28)14-4-6-16(7-5-14)29-19(22)23;/h3-9,18-19,27-28H,2,10-12H2,1H3,(H2,24,25,26);1H. The number of nitrogens with one attached hydrogen (secondary N) is 2. The number of ether oxygens (including phenoxy) is 1. The van der Waals surface area contributed by atoms with E-state index in [4.69, 9.17) is 5.11 Å². The lowest BCUT2D eigenvalue weighted by molar-refractivity contribution is -0.0498. The van der Waals surface area contributed by atoms with Gasteiger partial charge < -0.3 is 25.6 Å². The largest absolute Gasteiger partial charge is 0.435 e. The molecule has 0 radical (unpaired) electrons. The van der Waals surface area contributed by atoms with Crippen molar-refractivity contribution in [1.29, 1.82) is 0 Å². The summed E-state index contributed by atoms with van der Waals surface area (Å²) in [7, 11) is 0. The Morgan fingerprint density at radius 2 is 1.83 bits per heavy atom. The fourth-order valence-corrected chi connectivity index (χ4v) is 2.54. The van der Waals surface area contributed by atoms with Crippen LogP contribution in [0.15, 0.2) is 47.5 Å². The molecule has 166 valence electrons. The molecule has 0 bridgehead atoms. The molecule has 2 rings (SSSR count). The second kappa shape index (κ2) is 13.3. The van der Waals surface area contributed by atoms with Crippen molar-refractivity contribution in [3.8, 4) is 5.75 Å². The molecule has 6 nitrogen and oxygen atoms in total. The minimum absolute atomic E-state index is 0. The smallest absolute Gasteiger partial charge is 0.387 e. The third kappa shape index (κ3) is 8.36. The lowest BCUT2D eigenvalue weighted by Gasteiger charge is -2.16. The Labute approximate surface area is 190 Å².